The molecule has 0 fully saturated rings. The number of rotatable bonds is 5. The van der Waals surface area contributed by atoms with E-state index in [0.29, 0.717) is 0 Å². The highest BCUT2D eigenvalue weighted by atomic mass is 14.7. The lowest BCUT2D eigenvalue weighted by Gasteiger charge is -2.34. The smallest absolute Gasteiger partial charge is 0.0788 e. The molecule has 0 spiro atoms. The summed E-state index contributed by atoms with van der Waals surface area (Å²) in [5, 5.41) is 9.54. The maximum Gasteiger partial charge on any atom is 0.0788 e. The Morgan fingerprint density at radius 3 is 1.93 bits per heavy atom. The first-order chi connectivity index (χ1) is 34.2. The summed E-state index contributed by atoms with van der Waals surface area (Å²) >= 11 is 0. The Morgan fingerprint density at radius 2 is 1.06 bits per heavy atom. The van der Waals surface area contributed by atoms with Crippen molar-refractivity contribution in [3.63, 3.8) is 0 Å². The van der Waals surface area contributed by atoms with Gasteiger partial charge in [0.05, 0.1) is 22.1 Å². The molecule has 0 atom stereocenters. The van der Waals surface area contributed by atoms with Crippen molar-refractivity contribution in [1.82, 2.24) is 9.97 Å². The number of hydrogen-bond acceptors (Lipinski definition) is 2. The molecule has 0 N–H and O–H groups in total. The Labute approximate surface area is 400 Å². The van der Waals surface area contributed by atoms with E-state index in [1.165, 1.54) is 77.0 Å². The lowest BCUT2D eigenvalue weighted by atomic mass is 9.67. The summed E-state index contributed by atoms with van der Waals surface area (Å²) in [6.45, 7) is 0. The minimum absolute atomic E-state index is 0.492. The first-order valence-electron chi connectivity index (χ1n) is 23.8. The van der Waals surface area contributed by atoms with E-state index in [1.807, 2.05) is 12.3 Å². The van der Waals surface area contributed by atoms with Crippen molar-refractivity contribution >= 4 is 66.3 Å². The van der Waals surface area contributed by atoms with Crippen LogP contribution in [0.2, 0.25) is 0 Å². The third kappa shape index (κ3) is 6.06. The molecule has 2 nitrogen and oxygen atoms in total. The Morgan fingerprint density at radius 1 is 0.348 bits per heavy atom. The van der Waals surface area contributed by atoms with Gasteiger partial charge >= 0.3 is 0 Å². The maximum atomic E-state index is 5.50. The van der Waals surface area contributed by atoms with E-state index in [1.54, 1.807) is 0 Å². The van der Waals surface area contributed by atoms with Crippen molar-refractivity contribution in [2.45, 2.75) is 5.41 Å². The van der Waals surface area contributed by atoms with Gasteiger partial charge in [0.2, 0.25) is 0 Å². The van der Waals surface area contributed by atoms with E-state index in [2.05, 4.69) is 243 Å². The normalized spacial score (nSPS) is 13.9. The van der Waals surface area contributed by atoms with Gasteiger partial charge in [0, 0.05) is 33.5 Å². The van der Waals surface area contributed by atoms with Crippen LogP contribution >= 0.6 is 0 Å². The molecule has 320 valence electrons. The molecule has 12 aromatic rings. The summed E-state index contributed by atoms with van der Waals surface area (Å²) in [5.41, 5.74) is 18.2. The number of para-hydroxylation sites is 1. The lowest BCUT2D eigenvalue weighted by molar-refractivity contribution is 0.769. The van der Waals surface area contributed by atoms with E-state index in [0.717, 1.165) is 55.1 Å². The van der Waals surface area contributed by atoms with Crippen molar-refractivity contribution in [2.75, 3.05) is 0 Å². The van der Waals surface area contributed by atoms with E-state index < -0.39 is 5.41 Å². The second kappa shape index (κ2) is 15.6. The molecule has 14 rings (SSSR count). The van der Waals surface area contributed by atoms with Crippen LogP contribution in [0.25, 0.3) is 111 Å². The van der Waals surface area contributed by atoms with Crippen LogP contribution in [0.4, 0.5) is 0 Å². The third-order valence-corrected chi connectivity index (χ3v) is 14.7. The Balaban J connectivity index is 0.920. The number of benzene rings is 10. The van der Waals surface area contributed by atoms with Crippen LogP contribution in [-0.4, -0.2) is 9.97 Å². The van der Waals surface area contributed by atoms with Gasteiger partial charge in [0.25, 0.3) is 0 Å². The van der Waals surface area contributed by atoms with Gasteiger partial charge in [0.15, 0.2) is 0 Å². The highest BCUT2D eigenvalue weighted by molar-refractivity contribution is 6.14. The van der Waals surface area contributed by atoms with Gasteiger partial charge in [-0.3, -0.25) is 4.98 Å². The molecule has 2 heterocycles. The van der Waals surface area contributed by atoms with Crippen LogP contribution in [0.3, 0.4) is 0 Å². The molecular formula is C67H42N2. The second-order valence-corrected chi connectivity index (χ2v) is 18.4. The lowest BCUT2D eigenvalue weighted by Crippen LogP contribution is -2.28. The van der Waals surface area contributed by atoms with E-state index in [9.17, 15) is 0 Å². The van der Waals surface area contributed by atoms with E-state index >= 15 is 0 Å². The van der Waals surface area contributed by atoms with E-state index in [-0.39, 0.29) is 0 Å². The molecule has 0 bridgehead atoms. The summed E-state index contributed by atoms with van der Waals surface area (Å²) in [4.78, 5) is 10.4. The third-order valence-electron chi connectivity index (χ3n) is 14.7. The van der Waals surface area contributed by atoms with Crippen molar-refractivity contribution in [1.29, 1.82) is 0 Å². The van der Waals surface area contributed by atoms with Crippen LogP contribution in [0.5, 0.6) is 0 Å². The second-order valence-electron chi connectivity index (χ2n) is 18.4. The summed E-state index contributed by atoms with van der Waals surface area (Å²) in [6.07, 6.45) is 14.6. The minimum atomic E-state index is -0.492. The zero-order valence-electron chi connectivity index (χ0n) is 37.6. The van der Waals surface area contributed by atoms with Crippen LogP contribution in [0.1, 0.15) is 33.4 Å². The van der Waals surface area contributed by atoms with Gasteiger partial charge in [0.1, 0.15) is 0 Å². The highest BCUT2D eigenvalue weighted by Crippen LogP contribution is 2.57. The predicted molar refractivity (Wildman–Crippen MR) is 290 cm³/mol. The fourth-order valence-corrected chi connectivity index (χ4v) is 11.6. The molecule has 0 unspecified atom stereocenters. The number of aromatic nitrogens is 2. The quantitative estimate of drug-likeness (QED) is 0.161. The molecule has 69 heavy (non-hydrogen) atoms. The molecule has 2 aliphatic carbocycles. The largest absolute Gasteiger partial charge is 0.256 e. The zero-order valence-corrected chi connectivity index (χ0v) is 37.6. The molecule has 10 aromatic carbocycles. The minimum Gasteiger partial charge on any atom is -0.256 e. The maximum absolute atomic E-state index is 5.50. The molecule has 2 heteroatoms. The first-order valence-corrected chi connectivity index (χ1v) is 23.8. The van der Waals surface area contributed by atoms with Gasteiger partial charge in [-0.2, -0.15) is 0 Å². The van der Waals surface area contributed by atoms with Crippen LogP contribution in [-0.2, 0) is 5.41 Å². The molecule has 0 aliphatic heterocycles. The fourth-order valence-electron chi connectivity index (χ4n) is 11.6. The Bertz CT molecular complexity index is 4140. The summed E-state index contributed by atoms with van der Waals surface area (Å²) in [6, 6.07) is 78.5. The van der Waals surface area contributed by atoms with Crippen molar-refractivity contribution in [3.8, 4) is 44.6 Å². The van der Waals surface area contributed by atoms with Gasteiger partial charge in [-0.15, -0.1) is 0 Å². The molecule has 2 aliphatic rings. The number of nitrogens with zero attached hydrogens (tertiary/aromatic N) is 2. The van der Waals surface area contributed by atoms with Crippen LogP contribution < -0.4 is 0 Å². The summed E-state index contributed by atoms with van der Waals surface area (Å²) < 4.78 is 0. The van der Waals surface area contributed by atoms with Gasteiger partial charge in [-0.1, -0.05) is 200 Å². The fraction of sp³-hybridized carbons (Fsp3) is 0.0149. The highest BCUT2D eigenvalue weighted by Gasteiger charge is 2.46. The Hall–Kier alpha value is -8.98. The number of hydrogen-bond donors (Lipinski definition) is 0. The summed E-state index contributed by atoms with van der Waals surface area (Å²) in [5.74, 6) is 0. The van der Waals surface area contributed by atoms with Crippen molar-refractivity contribution < 1.29 is 0 Å². The van der Waals surface area contributed by atoms with Gasteiger partial charge < -0.3 is 0 Å². The zero-order chi connectivity index (χ0) is 45.5. The average molecular weight is 875 g/mol. The number of fused-ring (bicyclic) bond motifs is 12. The first kappa shape index (κ1) is 39.2. The van der Waals surface area contributed by atoms with Crippen molar-refractivity contribution in [2.24, 2.45) is 0 Å². The van der Waals surface area contributed by atoms with Crippen molar-refractivity contribution in [3.05, 3.63) is 276 Å². The Kier molecular flexibility index (Phi) is 8.84. The topological polar surface area (TPSA) is 25.8 Å². The average Bonchev–Trinajstić information content (AvgIpc) is 3.70. The number of pyridine rings is 2. The molecule has 0 saturated carbocycles. The molecule has 0 radical (unpaired) electrons. The van der Waals surface area contributed by atoms with Gasteiger partial charge in [-0.25, -0.2) is 4.98 Å². The van der Waals surface area contributed by atoms with Crippen LogP contribution in [0.15, 0.2) is 243 Å². The molecule has 0 saturated heterocycles. The summed E-state index contributed by atoms with van der Waals surface area (Å²) in [7, 11) is 0. The molecular weight excluding hydrogens is 833 g/mol. The van der Waals surface area contributed by atoms with Gasteiger partial charge in [-0.05, 0) is 137 Å². The molecule has 2 aromatic heterocycles. The number of allylic oxidation sites excluding steroid dienone is 4. The molecule has 0 amide bonds. The van der Waals surface area contributed by atoms with Crippen LogP contribution in [0, 0.1) is 0 Å². The van der Waals surface area contributed by atoms with E-state index in [4.69, 9.17) is 9.97 Å². The SMILES string of the molecule is C1=C/C=C/c2c(cc(-c3ccc4c(ccc5ccc(-c6cccc(-c7nc8ccccc8c8cc9c(cc78)-c7ccccc7C9(c7ccccc7)c7ccccc7)c6)cc54)c3)c3cccnc23)C=C1. The predicted octanol–water partition coefficient (Wildman–Crippen LogP) is 17.2. The monoisotopic (exact) mass is 874 g/mol. The standard InChI is InChI=1S/C67H42N2/c1-2-10-24-53-46(17-5-1)40-58(56-27-16-36-68-66(53)56)48-34-35-52-47(38-48)33-31-43-30-32-45(39-57(43)52)44-18-15-19-49(37-44)65-61-41-60-54-25-11-13-28-62(54)67(50-20-6-3-7-21-50,51-22-8-4-9-23-51)63(60)42-59(61)55-26-12-14-29-64(55)69-65/h1-42H/b2-1?,5-1?,10-2?,17-5?,24-10+,46-17?,53-24?.